The van der Waals surface area contributed by atoms with Crippen LogP contribution >= 0.6 is 11.3 Å². The molecule has 0 bridgehead atoms. The number of aliphatic carboxylic acids is 1. The third-order valence-electron chi connectivity index (χ3n) is 2.34. The molecule has 7 nitrogen and oxygen atoms in total. The summed E-state index contributed by atoms with van der Waals surface area (Å²) in [4.78, 5) is 33.8. The van der Waals surface area contributed by atoms with Gasteiger partial charge in [0, 0.05) is 6.42 Å². The van der Waals surface area contributed by atoms with E-state index in [-0.39, 0.29) is 17.7 Å². The van der Waals surface area contributed by atoms with Crippen LogP contribution in [0.25, 0.3) is 0 Å². The van der Waals surface area contributed by atoms with Crippen molar-refractivity contribution >= 4 is 29.1 Å². The standard InChI is InChI=1S/C11H14N2O5S/c1-18-7-4-5-19-9(7)10(15)13-6(11(16)17)2-3-8(12)14/h4-6H,2-3H2,1H3,(H2,12,14)(H,13,15)(H,16,17)/t6-/m1/s1. The van der Waals surface area contributed by atoms with E-state index in [9.17, 15) is 14.4 Å². The summed E-state index contributed by atoms with van der Waals surface area (Å²) in [6.45, 7) is 0. The van der Waals surface area contributed by atoms with Crippen LogP contribution in [0, 0.1) is 0 Å². The predicted octanol–water partition coefficient (Wildman–Crippen LogP) is 0.205. The third kappa shape index (κ3) is 4.25. The van der Waals surface area contributed by atoms with Gasteiger partial charge in [0.1, 0.15) is 16.7 Å². The number of carboxylic acid groups (broad SMARTS) is 1. The van der Waals surface area contributed by atoms with E-state index >= 15 is 0 Å². The number of nitrogens with two attached hydrogens (primary N) is 1. The summed E-state index contributed by atoms with van der Waals surface area (Å²) in [6, 6.07) is 0.450. The van der Waals surface area contributed by atoms with Gasteiger partial charge in [-0.15, -0.1) is 11.3 Å². The molecule has 0 saturated carbocycles. The van der Waals surface area contributed by atoms with Gasteiger partial charge >= 0.3 is 5.97 Å². The first-order valence-electron chi connectivity index (χ1n) is 5.39. The molecule has 8 heteroatoms. The van der Waals surface area contributed by atoms with Crippen LogP contribution in [0.15, 0.2) is 11.4 Å². The van der Waals surface area contributed by atoms with Crippen molar-refractivity contribution in [1.29, 1.82) is 0 Å². The van der Waals surface area contributed by atoms with E-state index in [1.807, 2.05) is 0 Å². The molecule has 0 spiro atoms. The smallest absolute Gasteiger partial charge is 0.326 e. The van der Waals surface area contributed by atoms with E-state index < -0.39 is 23.8 Å². The molecule has 1 atom stereocenters. The molecule has 0 aliphatic heterocycles. The van der Waals surface area contributed by atoms with Crippen LogP contribution in [0.3, 0.4) is 0 Å². The monoisotopic (exact) mass is 286 g/mol. The quantitative estimate of drug-likeness (QED) is 0.662. The lowest BCUT2D eigenvalue weighted by Gasteiger charge is -2.13. The maximum atomic E-state index is 11.9. The number of primary amides is 1. The fourth-order valence-corrected chi connectivity index (χ4v) is 2.15. The van der Waals surface area contributed by atoms with Crippen LogP contribution in [0.2, 0.25) is 0 Å². The number of carboxylic acids is 1. The van der Waals surface area contributed by atoms with E-state index in [2.05, 4.69) is 5.32 Å². The summed E-state index contributed by atoms with van der Waals surface area (Å²) in [5.41, 5.74) is 4.95. The molecule has 4 N–H and O–H groups in total. The predicted molar refractivity (Wildman–Crippen MR) is 68.2 cm³/mol. The van der Waals surface area contributed by atoms with Crippen LogP contribution < -0.4 is 15.8 Å². The fourth-order valence-electron chi connectivity index (χ4n) is 1.39. The van der Waals surface area contributed by atoms with Gasteiger partial charge in [-0.05, 0) is 17.9 Å². The first kappa shape index (κ1) is 15.0. The largest absolute Gasteiger partial charge is 0.495 e. The van der Waals surface area contributed by atoms with Gasteiger partial charge in [-0.1, -0.05) is 0 Å². The molecule has 0 aromatic carbocycles. The van der Waals surface area contributed by atoms with Gasteiger partial charge in [0.05, 0.1) is 7.11 Å². The molecule has 19 heavy (non-hydrogen) atoms. The van der Waals surface area contributed by atoms with Gasteiger partial charge in [0.2, 0.25) is 5.91 Å². The molecule has 1 rings (SSSR count). The van der Waals surface area contributed by atoms with Crippen LogP contribution in [0.4, 0.5) is 0 Å². The summed E-state index contributed by atoms with van der Waals surface area (Å²) in [5.74, 6) is -2.01. The molecule has 0 aliphatic rings. The van der Waals surface area contributed by atoms with Crippen LogP contribution in [0.1, 0.15) is 22.5 Å². The van der Waals surface area contributed by atoms with E-state index in [4.69, 9.17) is 15.6 Å². The van der Waals surface area contributed by atoms with Gasteiger partial charge in [-0.25, -0.2) is 4.79 Å². The minimum Gasteiger partial charge on any atom is -0.495 e. The Morgan fingerprint density at radius 2 is 2.21 bits per heavy atom. The summed E-state index contributed by atoms with van der Waals surface area (Å²) in [6.07, 6.45) is -0.164. The molecular weight excluding hydrogens is 272 g/mol. The van der Waals surface area contributed by atoms with Gasteiger partial charge in [0.15, 0.2) is 0 Å². The summed E-state index contributed by atoms with van der Waals surface area (Å²) < 4.78 is 4.97. The SMILES string of the molecule is COc1ccsc1C(=O)N[C@H](CCC(N)=O)C(=O)O. The number of thiophene rings is 1. The van der Waals surface area contributed by atoms with E-state index in [0.29, 0.717) is 5.75 Å². The van der Waals surface area contributed by atoms with E-state index in [1.54, 1.807) is 11.4 Å². The highest BCUT2D eigenvalue weighted by molar-refractivity contribution is 7.12. The Balaban J connectivity index is 2.71. The molecule has 2 amide bonds. The van der Waals surface area contributed by atoms with Gasteiger partial charge in [0.25, 0.3) is 5.91 Å². The Hall–Kier alpha value is -2.09. The first-order chi connectivity index (χ1) is 8.95. The van der Waals surface area contributed by atoms with Crippen molar-refractivity contribution in [3.63, 3.8) is 0 Å². The molecule has 0 radical (unpaired) electrons. The summed E-state index contributed by atoms with van der Waals surface area (Å²) >= 11 is 1.14. The van der Waals surface area contributed by atoms with Crippen molar-refractivity contribution in [3.05, 3.63) is 16.3 Å². The average molecular weight is 286 g/mol. The Morgan fingerprint density at radius 1 is 1.53 bits per heavy atom. The van der Waals surface area contributed by atoms with Crippen molar-refractivity contribution in [2.45, 2.75) is 18.9 Å². The zero-order valence-corrected chi connectivity index (χ0v) is 11.0. The second kappa shape index (κ2) is 6.74. The van der Waals surface area contributed by atoms with Crippen LogP contribution in [-0.2, 0) is 9.59 Å². The maximum absolute atomic E-state index is 11.9. The summed E-state index contributed by atoms with van der Waals surface area (Å²) in [7, 11) is 1.42. The molecular formula is C11H14N2O5S. The molecule has 0 saturated heterocycles. The fraction of sp³-hybridized carbons (Fsp3) is 0.364. The topological polar surface area (TPSA) is 119 Å². The number of carbonyl (C=O) groups excluding carboxylic acids is 2. The Kier molecular flexibility index (Phi) is 5.31. The first-order valence-corrected chi connectivity index (χ1v) is 6.27. The number of hydrogen-bond acceptors (Lipinski definition) is 5. The highest BCUT2D eigenvalue weighted by Crippen LogP contribution is 2.24. The maximum Gasteiger partial charge on any atom is 0.326 e. The third-order valence-corrected chi connectivity index (χ3v) is 3.23. The highest BCUT2D eigenvalue weighted by Gasteiger charge is 2.23. The number of ether oxygens (including phenoxy) is 1. The lowest BCUT2D eigenvalue weighted by atomic mass is 10.1. The molecule has 104 valence electrons. The van der Waals surface area contributed by atoms with Gasteiger partial charge in [-0.3, -0.25) is 9.59 Å². The summed E-state index contributed by atoms with van der Waals surface area (Å²) in [5, 5.41) is 13.0. The zero-order valence-electron chi connectivity index (χ0n) is 10.2. The van der Waals surface area contributed by atoms with Crippen LogP contribution in [-0.4, -0.2) is 36.0 Å². The van der Waals surface area contributed by atoms with E-state index in [1.165, 1.54) is 7.11 Å². The number of hydrogen-bond donors (Lipinski definition) is 3. The molecule has 0 aliphatic carbocycles. The van der Waals surface area contributed by atoms with Gasteiger partial charge < -0.3 is 20.9 Å². The van der Waals surface area contributed by atoms with Crippen molar-refractivity contribution in [2.75, 3.05) is 7.11 Å². The minimum atomic E-state index is -1.22. The Bertz CT molecular complexity index is 485. The minimum absolute atomic E-state index is 0.0515. The van der Waals surface area contributed by atoms with Crippen molar-refractivity contribution in [1.82, 2.24) is 5.32 Å². The number of carbonyl (C=O) groups is 3. The molecule has 1 aromatic rings. The second-order valence-corrected chi connectivity index (χ2v) is 4.60. The number of nitrogens with one attached hydrogen (secondary N) is 1. The zero-order chi connectivity index (χ0) is 14.4. The van der Waals surface area contributed by atoms with Gasteiger partial charge in [-0.2, -0.15) is 0 Å². The Morgan fingerprint density at radius 3 is 2.74 bits per heavy atom. The van der Waals surface area contributed by atoms with Crippen molar-refractivity contribution in [3.8, 4) is 5.75 Å². The molecule has 0 unspecified atom stereocenters. The molecule has 1 heterocycles. The number of rotatable bonds is 7. The lowest BCUT2D eigenvalue weighted by Crippen LogP contribution is -2.41. The number of amides is 2. The second-order valence-electron chi connectivity index (χ2n) is 3.69. The van der Waals surface area contributed by atoms with E-state index in [0.717, 1.165) is 11.3 Å². The molecule has 0 fully saturated rings. The van der Waals surface area contributed by atoms with Crippen molar-refractivity contribution in [2.24, 2.45) is 5.73 Å². The van der Waals surface area contributed by atoms with Crippen LogP contribution in [0.5, 0.6) is 5.75 Å². The highest BCUT2D eigenvalue weighted by atomic mass is 32.1. The number of methoxy groups -OCH3 is 1. The normalized spacial score (nSPS) is 11.6. The molecule has 1 aromatic heterocycles. The average Bonchev–Trinajstić information content (AvgIpc) is 2.81. The Labute approximate surface area is 113 Å². The van der Waals surface area contributed by atoms with Crippen molar-refractivity contribution < 1.29 is 24.2 Å². The lowest BCUT2D eigenvalue weighted by molar-refractivity contribution is -0.139.